The lowest BCUT2D eigenvalue weighted by Crippen LogP contribution is -2.25. The summed E-state index contributed by atoms with van der Waals surface area (Å²) in [7, 11) is 0. The first-order valence-corrected chi connectivity index (χ1v) is 6.15. The molecule has 3 N–H and O–H groups in total. The lowest BCUT2D eigenvalue weighted by molar-refractivity contribution is 0.0696. The third-order valence-corrected chi connectivity index (χ3v) is 3.12. The molecule has 5 heteroatoms. The monoisotopic (exact) mass is 250 g/mol. The Bertz CT molecular complexity index is 428. The van der Waals surface area contributed by atoms with Gasteiger partial charge in [0.25, 0.3) is 0 Å². The van der Waals surface area contributed by atoms with Crippen LogP contribution in [0.5, 0.6) is 5.75 Å². The number of nitrogens with two attached hydrogens (primary N) is 1. The van der Waals surface area contributed by atoms with E-state index in [1.807, 2.05) is 0 Å². The van der Waals surface area contributed by atoms with E-state index in [1.165, 1.54) is 25.0 Å². The van der Waals surface area contributed by atoms with Crippen molar-refractivity contribution in [3.63, 3.8) is 0 Å². The van der Waals surface area contributed by atoms with E-state index in [9.17, 15) is 4.79 Å². The summed E-state index contributed by atoms with van der Waals surface area (Å²) in [6.45, 7) is 3.63. The maximum absolute atomic E-state index is 10.8. The van der Waals surface area contributed by atoms with Gasteiger partial charge in [0.15, 0.2) is 0 Å². The molecule has 1 aliphatic heterocycles. The molecule has 0 unspecified atom stereocenters. The highest BCUT2D eigenvalue weighted by Gasteiger charge is 2.12. The molecule has 98 valence electrons. The Morgan fingerprint density at radius 1 is 1.39 bits per heavy atom. The van der Waals surface area contributed by atoms with Crippen molar-refractivity contribution in [2.24, 2.45) is 0 Å². The van der Waals surface area contributed by atoms with Crippen molar-refractivity contribution in [3.05, 3.63) is 23.8 Å². The van der Waals surface area contributed by atoms with Crippen molar-refractivity contribution in [2.45, 2.75) is 12.8 Å². The van der Waals surface area contributed by atoms with Crippen LogP contribution in [0.25, 0.3) is 0 Å². The summed E-state index contributed by atoms with van der Waals surface area (Å²) in [5.41, 5.74) is 6.42. The molecular weight excluding hydrogens is 232 g/mol. The molecule has 5 nitrogen and oxygen atoms in total. The standard InChI is InChI=1S/C13H18N2O3/c14-11-4-3-10(13(16)17)9-12(11)18-8-7-15-5-1-2-6-15/h3-4,9H,1-2,5-8,14H2,(H,16,17). The van der Waals surface area contributed by atoms with Gasteiger partial charge in [-0.25, -0.2) is 4.79 Å². The molecule has 1 heterocycles. The highest BCUT2D eigenvalue weighted by Crippen LogP contribution is 2.22. The number of carboxylic acid groups (broad SMARTS) is 1. The molecule has 0 amide bonds. The number of rotatable bonds is 5. The van der Waals surface area contributed by atoms with Crippen LogP contribution in [0.2, 0.25) is 0 Å². The second-order valence-corrected chi connectivity index (χ2v) is 4.45. The van der Waals surface area contributed by atoms with Gasteiger partial charge < -0.3 is 15.6 Å². The SMILES string of the molecule is Nc1ccc(C(=O)O)cc1OCCN1CCCC1. The fraction of sp³-hybridized carbons (Fsp3) is 0.462. The average Bonchev–Trinajstić information content (AvgIpc) is 2.84. The van der Waals surface area contributed by atoms with Crippen LogP contribution in [-0.2, 0) is 0 Å². The lowest BCUT2D eigenvalue weighted by Gasteiger charge is -2.15. The normalized spacial score (nSPS) is 15.8. The number of ether oxygens (including phenoxy) is 1. The molecule has 1 aromatic carbocycles. The third-order valence-electron chi connectivity index (χ3n) is 3.12. The van der Waals surface area contributed by atoms with Gasteiger partial charge in [-0.05, 0) is 44.1 Å². The van der Waals surface area contributed by atoms with E-state index in [1.54, 1.807) is 6.07 Å². The summed E-state index contributed by atoms with van der Waals surface area (Å²) < 4.78 is 5.56. The zero-order valence-corrected chi connectivity index (χ0v) is 10.3. The summed E-state index contributed by atoms with van der Waals surface area (Å²) >= 11 is 0. The van der Waals surface area contributed by atoms with Crippen LogP contribution >= 0.6 is 0 Å². The number of nitrogens with zero attached hydrogens (tertiary/aromatic N) is 1. The Hall–Kier alpha value is -1.75. The minimum Gasteiger partial charge on any atom is -0.490 e. The molecule has 18 heavy (non-hydrogen) atoms. The first kappa shape index (κ1) is 12.7. The molecule has 0 aliphatic carbocycles. The van der Waals surface area contributed by atoms with Gasteiger partial charge in [-0.2, -0.15) is 0 Å². The molecule has 1 fully saturated rings. The number of hydrogen-bond acceptors (Lipinski definition) is 4. The van der Waals surface area contributed by atoms with Crippen LogP contribution in [0.15, 0.2) is 18.2 Å². The molecule has 1 aliphatic rings. The molecule has 0 radical (unpaired) electrons. The minimum absolute atomic E-state index is 0.195. The lowest BCUT2D eigenvalue weighted by atomic mass is 10.2. The average molecular weight is 250 g/mol. The van der Waals surface area contributed by atoms with Gasteiger partial charge >= 0.3 is 5.97 Å². The van der Waals surface area contributed by atoms with E-state index in [2.05, 4.69) is 4.90 Å². The van der Waals surface area contributed by atoms with Crippen LogP contribution in [0.1, 0.15) is 23.2 Å². The summed E-state index contributed by atoms with van der Waals surface area (Å²) in [6.07, 6.45) is 2.49. The van der Waals surface area contributed by atoms with Crippen LogP contribution in [0, 0.1) is 0 Å². The fourth-order valence-corrected chi connectivity index (χ4v) is 2.08. The van der Waals surface area contributed by atoms with Crippen molar-refractivity contribution in [1.29, 1.82) is 0 Å². The number of carbonyl (C=O) groups is 1. The molecule has 2 rings (SSSR count). The topological polar surface area (TPSA) is 75.8 Å². The van der Waals surface area contributed by atoms with Crippen LogP contribution in [0.3, 0.4) is 0 Å². The maximum Gasteiger partial charge on any atom is 0.335 e. The van der Waals surface area contributed by atoms with Gasteiger partial charge in [-0.3, -0.25) is 4.90 Å². The molecular formula is C13H18N2O3. The van der Waals surface area contributed by atoms with Crippen molar-refractivity contribution in [1.82, 2.24) is 4.90 Å². The summed E-state index contributed by atoms with van der Waals surface area (Å²) in [6, 6.07) is 4.52. The largest absolute Gasteiger partial charge is 0.490 e. The van der Waals surface area contributed by atoms with E-state index >= 15 is 0 Å². The Labute approximate surface area is 106 Å². The first-order valence-electron chi connectivity index (χ1n) is 6.15. The minimum atomic E-state index is -0.973. The van der Waals surface area contributed by atoms with Gasteiger partial charge in [0, 0.05) is 6.54 Å². The van der Waals surface area contributed by atoms with Crippen molar-refractivity contribution >= 4 is 11.7 Å². The van der Waals surface area contributed by atoms with Gasteiger partial charge in [-0.1, -0.05) is 0 Å². The Morgan fingerprint density at radius 2 is 2.11 bits per heavy atom. The Kier molecular flexibility index (Phi) is 4.04. The molecule has 0 bridgehead atoms. The number of aromatic carboxylic acids is 1. The number of hydrogen-bond donors (Lipinski definition) is 2. The van der Waals surface area contributed by atoms with E-state index in [4.69, 9.17) is 15.6 Å². The smallest absolute Gasteiger partial charge is 0.335 e. The van der Waals surface area contributed by atoms with E-state index in [0.29, 0.717) is 18.0 Å². The molecule has 0 saturated carbocycles. The highest BCUT2D eigenvalue weighted by molar-refractivity contribution is 5.89. The number of benzene rings is 1. The van der Waals surface area contributed by atoms with Crippen LogP contribution in [-0.4, -0.2) is 42.2 Å². The number of nitrogen functional groups attached to an aromatic ring is 1. The number of likely N-dealkylation sites (tertiary alicyclic amines) is 1. The van der Waals surface area contributed by atoms with E-state index < -0.39 is 5.97 Å². The maximum atomic E-state index is 10.8. The van der Waals surface area contributed by atoms with E-state index in [-0.39, 0.29) is 5.56 Å². The summed E-state index contributed by atoms with van der Waals surface area (Å²) in [4.78, 5) is 13.2. The molecule has 0 atom stereocenters. The number of anilines is 1. The molecule has 0 aromatic heterocycles. The first-order chi connectivity index (χ1) is 8.66. The van der Waals surface area contributed by atoms with E-state index in [0.717, 1.165) is 19.6 Å². The van der Waals surface area contributed by atoms with Gasteiger partial charge in [0.05, 0.1) is 11.3 Å². The van der Waals surface area contributed by atoms with Crippen molar-refractivity contribution in [3.8, 4) is 5.75 Å². The van der Waals surface area contributed by atoms with Gasteiger partial charge in [0.2, 0.25) is 0 Å². The summed E-state index contributed by atoms with van der Waals surface area (Å²) in [5, 5.41) is 8.89. The molecule has 1 aromatic rings. The highest BCUT2D eigenvalue weighted by atomic mass is 16.5. The number of carboxylic acids is 1. The zero-order chi connectivity index (χ0) is 13.0. The third kappa shape index (κ3) is 3.13. The molecule has 0 spiro atoms. The van der Waals surface area contributed by atoms with Gasteiger partial charge in [0.1, 0.15) is 12.4 Å². The zero-order valence-electron chi connectivity index (χ0n) is 10.3. The Morgan fingerprint density at radius 3 is 2.78 bits per heavy atom. The predicted octanol–water partition coefficient (Wildman–Crippen LogP) is 1.44. The second-order valence-electron chi connectivity index (χ2n) is 4.45. The predicted molar refractivity (Wildman–Crippen MR) is 69.0 cm³/mol. The van der Waals surface area contributed by atoms with Gasteiger partial charge in [-0.15, -0.1) is 0 Å². The molecule has 1 saturated heterocycles. The van der Waals surface area contributed by atoms with Crippen LogP contribution < -0.4 is 10.5 Å². The fourth-order valence-electron chi connectivity index (χ4n) is 2.08. The van der Waals surface area contributed by atoms with Crippen molar-refractivity contribution < 1.29 is 14.6 Å². The summed E-state index contributed by atoms with van der Waals surface area (Å²) in [5.74, 6) is -0.520. The second kappa shape index (κ2) is 5.73. The Balaban J connectivity index is 1.91. The van der Waals surface area contributed by atoms with Crippen LogP contribution in [0.4, 0.5) is 5.69 Å². The quantitative estimate of drug-likeness (QED) is 0.773. The van der Waals surface area contributed by atoms with Crippen molar-refractivity contribution in [2.75, 3.05) is 32.0 Å².